The largest absolute Gasteiger partial charge is 0.447 e. The fourth-order valence-electron chi connectivity index (χ4n) is 4.77. The zero-order chi connectivity index (χ0) is 28.0. The molecule has 7 nitrogen and oxygen atoms in total. The minimum atomic E-state index is -0.665. The van der Waals surface area contributed by atoms with E-state index in [1.54, 1.807) is 0 Å². The molecule has 1 heterocycles. The van der Waals surface area contributed by atoms with Gasteiger partial charge in [0.05, 0.1) is 30.9 Å². The molecule has 1 saturated heterocycles. The van der Waals surface area contributed by atoms with E-state index in [2.05, 4.69) is 12.1 Å². The van der Waals surface area contributed by atoms with Gasteiger partial charge in [0.1, 0.15) is 13.2 Å². The summed E-state index contributed by atoms with van der Waals surface area (Å²) in [5.41, 5.74) is 3.51. The first-order valence-electron chi connectivity index (χ1n) is 14.0. The lowest BCUT2D eigenvalue weighted by atomic mass is 9.93. The Morgan fingerprint density at radius 3 is 2.12 bits per heavy atom. The predicted molar refractivity (Wildman–Crippen MR) is 155 cm³/mol. The monoisotopic (exact) mass is 542 g/mol. The van der Waals surface area contributed by atoms with Gasteiger partial charge in [-0.3, -0.25) is 4.79 Å². The molecular formula is C33H38N2O5. The highest BCUT2D eigenvalue weighted by Gasteiger charge is 2.42. The summed E-state index contributed by atoms with van der Waals surface area (Å²) in [5, 5.41) is 4.45. The van der Waals surface area contributed by atoms with E-state index in [0.29, 0.717) is 25.2 Å². The molecule has 4 rings (SSSR count). The third-order valence-electron chi connectivity index (χ3n) is 6.93. The number of imide groups is 1. The summed E-state index contributed by atoms with van der Waals surface area (Å²) in [6.45, 7) is 3.03. The van der Waals surface area contributed by atoms with Crippen LogP contribution in [0.25, 0.3) is 0 Å². The normalized spacial score (nSPS) is 16.0. The SMILES string of the molecule is CCCCCC(C(=O)N1C(=O)OCC1Cc1ccccc1)C(COCc1ccccc1)=NOCc1ccccc1. The van der Waals surface area contributed by atoms with E-state index < -0.39 is 12.0 Å². The van der Waals surface area contributed by atoms with Gasteiger partial charge in [0.2, 0.25) is 5.91 Å². The summed E-state index contributed by atoms with van der Waals surface area (Å²) < 4.78 is 11.4. The van der Waals surface area contributed by atoms with Crippen molar-refractivity contribution in [1.82, 2.24) is 4.90 Å². The number of hydrogen-bond acceptors (Lipinski definition) is 6. The van der Waals surface area contributed by atoms with Crippen LogP contribution in [0.2, 0.25) is 0 Å². The van der Waals surface area contributed by atoms with Crippen LogP contribution >= 0.6 is 0 Å². The zero-order valence-corrected chi connectivity index (χ0v) is 23.1. The molecule has 0 saturated carbocycles. The molecule has 2 unspecified atom stereocenters. The maximum atomic E-state index is 14.1. The lowest BCUT2D eigenvalue weighted by molar-refractivity contribution is -0.131. The molecule has 0 aliphatic carbocycles. The lowest BCUT2D eigenvalue weighted by Gasteiger charge is -2.26. The second-order valence-corrected chi connectivity index (χ2v) is 10.00. The molecule has 1 fully saturated rings. The molecule has 1 aliphatic heterocycles. The number of nitrogens with zero attached hydrogens (tertiary/aromatic N) is 2. The van der Waals surface area contributed by atoms with Crippen molar-refractivity contribution in [2.75, 3.05) is 13.2 Å². The van der Waals surface area contributed by atoms with Gasteiger partial charge >= 0.3 is 6.09 Å². The van der Waals surface area contributed by atoms with Crippen molar-refractivity contribution >= 4 is 17.7 Å². The third kappa shape index (κ3) is 8.52. The first-order valence-corrected chi connectivity index (χ1v) is 14.0. The Balaban J connectivity index is 1.55. The van der Waals surface area contributed by atoms with Crippen LogP contribution in [-0.4, -0.2) is 41.9 Å². The van der Waals surface area contributed by atoms with Gasteiger partial charge in [-0.05, 0) is 29.5 Å². The van der Waals surface area contributed by atoms with E-state index >= 15 is 0 Å². The van der Waals surface area contributed by atoms with Crippen molar-refractivity contribution in [1.29, 1.82) is 0 Å². The minimum absolute atomic E-state index is 0.110. The highest BCUT2D eigenvalue weighted by molar-refractivity contribution is 6.09. The number of cyclic esters (lactones) is 1. The van der Waals surface area contributed by atoms with Crippen LogP contribution in [0.5, 0.6) is 0 Å². The van der Waals surface area contributed by atoms with E-state index in [-0.39, 0.29) is 31.8 Å². The maximum absolute atomic E-state index is 14.1. The van der Waals surface area contributed by atoms with E-state index in [1.807, 2.05) is 91.0 Å². The van der Waals surface area contributed by atoms with Crippen molar-refractivity contribution in [2.24, 2.45) is 11.1 Å². The fourth-order valence-corrected chi connectivity index (χ4v) is 4.77. The molecule has 2 amide bonds. The number of benzene rings is 3. The molecule has 0 bridgehead atoms. The van der Waals surface area contributed by atoms with Gasteiger partial charge in [0.25, 0.3) is 0 Å². The molecule has 7 heteroatoms. The molecule has 0 spiro atoms. The molecule has 3 aromatic carbocycles. The van der Waals surface area contributed by atoms with E-state index in [1.165, 1.54) is 4.90 Å². The van der Waals surface area contributed by atoms with Crippen molar-refractivity contribution in [3.8, 4) is 0 Å². The van der Waals surface area contributed by atoms with Gasteiger partial charge in [-0.25, -0.2) is 9.69 Å². The zero-order valence-electron chi connectivity index (χ0n) is 23.1. The predicted octanol–water partition coefficient (Wildman–Crippen LogP) is 6.56. The Morgan fingerprint density at radius 1 is 0.900 bits per heavy atom. The number of oxime groups is 1. The summed E-state index contributed by atoms with van der Waals surface area (Å²) in [6, 6.07) is 29.0. The molecule has 0 radical (unpaired) electrons. The fraction of sp³-hybridized carbons (Fsp3) is 0.364. The van der Waals surface area contributed by atoms with Gasteiger partial charge in [-0.15, -0.1) is 0 Å². The van der Waals surface area contributed by atoms with Crippen LogP contribution in [0.15, 0.2) is 96.2 Å². The molecule has 0 N–H and O–H groups in total. The molecule has 3 aromatic rings. The van der Waals surface area contributed by atoms with Gasteiger partial charge < -0.3 is 14.3 Å². The van der Waals surface area contributed by atoms with Crippen LogP contribution in [0.1, 0.15) is 49.3 Å². The molecule has 40 heavy (non-hydrogen) atoms. The maximum Gasteiger partial charge on any atom is 0.417 e. The van der Waals surface area contributed by atoms with Crippen molar-refractivity contribution in [3.63, 3.8) is 0 Å². The summed E-state index contributed by atoms with van der Waals surface area (Å²) in [6.07, 6.45) is 3.24. The number of amides is 2. The Bertz CT molecular complexity index is 1220. The Kier molecular flexibility index (Phi) is 11.3. The van der Waals surface area contributed by atoms with Crippen molar-refractivity contribution in [2.45, 2.75) is 58.3 Å². The first kappa shape index (κ1) is 29.0. The molecule has 210 valence electrons. The standard InChI is InChI=1S/C33H38N2O5/c1-2-3-7-20-30(32(36)35-29(24-39-33(35)37)21-26-14-8-4-9-15-26)31(25-38-22-27-16-10-5-11-17-27)34-40-23-28-18-12-6-13-19-28/h4-6,8-19,29-30H,2-3,7,20-25H2,1H3. The quantitative estimate of drug-likeness (QED) is 0.123. The van der Waals surface area contributed by atoms with Crippen LogP contribution < -0.4 is 0 Å². The first-order chi connectivity index (χ1) is 19.7. The summed E-state index contributed by atoms with van der Waals surface area (Å²) in [7, 11) is 0. The van der Waals surface area contributed by atoms with E-state index in [0.717, 1.165) is 36.0 Å². The average Bonchev–Trinajstić information content (AvgIpc) is 3.35. The van der Waals surface area contributed by atoms with Crippen LogP contribution in [0.3, 0.4) is 0 Å². The topological polar surface area (TPSA) is 77.4 Å². The Labute approximate surface area is 236 Å². The number of carbonyl (C=O) groups excluding carboxylic acids is 2. The van der Waals surface area contributed by atoms with E-state index in [9.17, 15) is 9.59 Å². The number of ether oxygens (including phenoxy) is 2. The van der Waals surface area contributed by atoms with Crippen LogP contribution in [-0.2, 0) is 38.7 Å². The van der Waals surface area contributed by atoms with Gasteiger partial charge in [-0.1, -0.05) is 122 Å². The molecule has 0 aromatic heterocycles. The highest BCUT2D eigenvalue weighted by atomic mass is 16.6. The smallest absolute Gasteiger partial charge is 0.417 e. The molecule has 1 aliphatic rings. The van der Waals surface area contributed by atoms with E-state index in [4.69, 9.17) is 14.3 Å². The summed E-state index contributed by atoms with van der Waals surface area (Å²) in [4.78, 5) is 34.0. The summed E-state index contributed by atoms with van der Waals surface area (Å²) in [5.74, 6) is -0.980. The van der Waals surface area contributed by atoms with Crippen molar-refractivity contribution in [3.05, 3.63) is 108 Å². The number of carbonyl (C=O) groups is 2. The number of unbranched alkanes of at least 4 members (excludes halogenated alkanes) is 2. The lowest BCUT2D eigenvalue weighted by Crippen LogP contribution is -2.46. The molecular weight excluding hydrogens is 504 g/mol. The number of hydrogen-bond donors (Lipinski definition) is 0. The third-order valence-corrected chi connectivity index (χ3v) is 6.93. The van der Waals surface area contributed by atoms with Crippen molar-refractivity contribution < 1.29 is 23.9 Å². The van der Waals surface area contributed by atoms with Crippen LogP contribution in [0.4, 0.5) is 4.79 Å². The Hall–Kier alpha value is -3.97. The summed E-state index contributed by atoms with van der Waals surface area (Å²) >= 11 is 0. The second kappa shape index (κ2) is 15.6. The van der Waals surface area contributed by atoms with Gasteiger partial charge in [0.15, 0.2) is 0 Å². The average molecular weight is 543 g/mol. The second-order valence-electron chi connectivity index (χ2n) is 10.00. The Morgan fingerprint density at radius 2 is 1.50 bits per heavy atom. The molecule has 2 atom stereocenters. The van der Waals surface area contributed by atoms with Gasteiger partial charge in [-0.2, -0.15) is 0 Å². The van der Waals surface area contributed by atoms with Gasteiger partial charge in [0, 0.05) is 0 Å². The number of rotatable bonds is 15. The highest BCUT2D eigenvalue weighted by Crippen LogP contribution is 2.24. The minimum Gasteiger partial charge on any atom is -0.447 e. The van der Waals surface area contributed by atoms with Crippen LogP contribution in [0, 0.1) is 5.92 Å².